The highest BCUT2D eigenvalue weighted by atomic mass is 35.5. The fourth-order valence-electron chi connectivity index (χ4n) is 1.47. The van der Waals surface area contributed by atoms with Gasteiger partial charge in [-0.1, -0.05) is 24.6 Å². The summed E-state index contributed by atoms with van der Waals surface area (Å²) in [5.74, 6) is 0.617. The van der Waals surface area contributed by atoms with Crippen LogP contribution in [0.25, 0.3) is 0 Å². The van der Waals surface area contributed by atoms with Gasteiger partial charge >= 0.3 is 0 Å². The third-order valence-corrected chi connectivity index (χ3v) is 4.37. The zero-order chi connectivity index (χ0) is 13.7. The van der Waals surface area contributed by atoms with Gasteiger partial charge in [0, 0.05) is 22.6 Å². The van der Waals surface area contributed by atoms with Crippen LogP contribution in [-0.4, -0.2) is 21.4 Å². The normalized spacial score (nSPS) is 14.2. The van der Waals surface area contributed by atoms with Gasteiger partial charge in [0.1, 0.15) is 0 Å². The van der Waals surface area contributed by atoms with Crippen molar-refractivity contribution in [3.8, 4) is 0 Å². The molecule has 0 aromatic heterocycles. The molecule has 0 aliphatic rings. The van der Waals surface area contributed by atoms with Crippen molar-refractivity contribution in [2.24, 2.45) is 11.7 Å². The van der Waals surface area contributed by atoms with E-state index in [1.54, 1.807) is 6.07 Å². The highest BCUT2D eigenvalue weighted by molar-refractivity contribution is 7.84. The Morgan fingerprint density at radius 3 is 2.78 bits per heavy atom. The third-order valence-electron chi connectivity index (χ3n) is 2.47. The number of benzene rings is 1. The molecule has 0 saturated heterocycles. The van der Waals surface area contributed by atoms with Crippen molar-refractivity contribution in [3.63, 3.8) is 0 Å². The van der Waals surface area contributed by atoms with E-state index in [0.717, 1.165) is 0 Å². The third kappa shape index (κ3) is 4.04. The lowest BCUT2D eigenvalue weighted by Gasteiger charge is -2.09. The molecule has 1 rings (SSSR count). The summed E-state index contributed by atoms with van der Waals surface area (Å²) in [7, 11) is -1.21. The average Bonchev–Trinajstić information content (AvgIpc) is 2.31. The van der Waals surface area contributed by atoms with E-state index in [4.69, 9.17) is 17.3 Å². The van der Waals surface area contributed by atoms with Crippen LogP contribution in [0, 0.1) is 16.0 Å². The summed E-state index contributed by atoms with van der Waals surface area (Å²) < 4.78 is 11.9. The molecule has 1 aromatic rings. The number of nitro groups is 1. The van der Waals surface area contributed by atoms with E-state index in [-0.39, 0.29) is 22.4 Å². The summed E-state index contributed by atoms with van der Waals surface area (Å²) in [6.45, 7) is 2.33. The highest BCUT2D eigenvalue weighted by Gasteiger charge is 2.19. The van der Waals surface area contributed by atoms with Gasteiger partial charge in [-0.25, -0.2) is 0 Å². The molecule has 2 N–H and O–H groups in total. The molecule has 0 aliphatic heterocycles. The maximum Gasteiger partial charge on any atom is 0.275 e. The van der Waals surface area contributed by atoms with Gasteiger partial charge < -0.3 is 5.73 Å². The number of hydrogen-bond donors (Lipinski definition) is 1. The molecule has 0 aliphatic carbocycles. The monoisotopic (exact) mass is 290 g/mol. The van der Waals surface area contributed by atoms with Crippen molar-refractivity contribution in [1.29, 1.82) is 0 Å². The molecule has 0 saturated carbocycles. The zero-order valence-electron chi connectivity index (χ0n) is 9.97. The van der Waals surface area contributed by atoms with Crippen LogP contribution < -0.4 is 5.73 Å². The van der Waals surface area contributed by atoms with Crippen LogP contribution in [0.3, 0.4) is 0 Å². The van der Waals surface area contributed by atoms with E-state index in [9.17, 15) is 14.3 Å². The first-order valence-electron chi connectivity index (χ1n) is 5.42. The van der Waals surface area contributed by atoms with Crippen molar-refractivity contribution in [1.82, 2.24) is 0 Å². The quantitative estimate of drug-likeness (QED) is 0.642. The van der Waals surface area contributed by atoms with E-state index >= 15 is 0 Å². The smallest absolute Gasteiger partial charge is 0.275 e. The minimum atomic E-state index is -1.21. The van der Waals surface area contributed by atoms with Gasteiger partial charge in [0.25, 0.3) is 5.69 Å². The molecule has 18 heavy (non-hydrogen) atoms. The highest BCUT2D eigenvalue weighted by Crippen LogP contribution is 2.27. The summed E-state index contributed by atoms with van der Waals surface area (Å²) in [4.78, 5) is 10.4. The molecule has 0 amide bonds. The first kappa shape index (κ1) is 15.1. The standard InChI is InChI=1S/C11H15ClN2O3S/c1-8(5-13)6-18(17)7-9-10(12)3-2-4-11(9)14(15)16/h2-4,8H,5-7,13H2,1H3. The summed E-state index contributed by atoms with van der Waals surface area (Å²) in [5, 5.41) is 11.1. The van der Waals surface area contributed by atoms with Gasteiger partial charge in [-0.3, -0.25) is 14.3 Å². The number of rotatable bonds is 6. The number of nitrogens with two attached hydrogens (primary N) is 1. The first-order chi connectivity index (χ1) is 8.45. The lowest BCUT2D eigenvalue weighted by Crippen LogP contribution is -2.18. The summed E-state index contributed by atoms with van der Waals surface area (Å²) in [6.07, 6.45) is 0. The predicted octanol–water partition coefficient (Wildman–Crippen LogP) is 2.09. The predicted molar refractivity (Wildman–Crippen MR) is 73.0 cm³/mol. The van der Waals surface area contributed by atoms with Crippen molar-refractivity contribution >= 4 is 28.1 Å². The molecule has 0 spiro atoms. The number of nitro benzene ring substituents is 1. The maximum atomic E-state index is 11.9. The van der Waals surface area contributed by atoms with Crippen LogP contribution in [0.1, 0.15) is 12.5 Å². The Hall–Kier alpha value is -0.980. The lowest BCUT2D eigenvalue weighted by atomic mass is 10.2. The fraction of sp³-hybridized carbons (Fsp3) is 0.455. The number of hydrogen-bond acceptors (Lipinski definition) is 4. The van der Waals surface area contributed by atoms with Gasteiger partial charge in [0.15, 0.2) is 0 Å². The van der Waals surface area contributed by atoms with Crippen LogP contribution in [0.4, 0.5) is 5.69 Å². The minimum Gasteiger partial charge on any atom is -0.330 e. The summed E-state index contributed by atoms with van der Waals surface area (Å²) in [6, 6.07) is 4.44. The van der Waals surface area contributed by atoms with Gasteiger partial charge in [0.05, 0.1) is 21.3 Å². The van der Waals surface area contributed by atoms with E-state index in [0.29, 0.717) is 17.9 Å². The van der Waals surface area contributed by atoms with Gasteiger partial charge in [-0.2, -0.15) is 0 Å². The van der Waals surface area contributed by atoms with Crippen LogP contribution in [0.2, 0.25) is 5.02 Å². The Kier molecular flexibility index (Phi) is 5.71. The molecule has 2 unspecified atom stereocenters. The molecule has 0 bridgehead atoms. The molecule has 2 atom stereocenters. The second-order valence-corrected chi connectivity index (χ2v) is 6.00. The van der Waals surface area contributed by atoms with Crippen molar-refractivity contribution < 1.29 is 9.13 Å². The Labute approximate surface area is 113 Å². The Bertz CT molecular complexity index is 468. The Balaban J connectivity index is 2.90. The first-order valence-corrected chi connectivity index (χ1v) is 7.29. The number of nitrogens with zero attached hydrogens (tertiary/aromatic N) is 1. The molecule has 0 fully saturated rings. The van der Waals surface area contributed by atoms with Crippen molar-refractivity contribution in [2.75, 3.05) is 12.3 Å². The van der Waals surface area contributed by atoms with E-state index in [1.165, 1.54) is 12.1 Å². The van der Waals surface area contributed by atoms with Crippen LogP contribution in [0.15, 0.2) is 18.2 Å². The Morgan fingerprint density at radius 2 is 2.22 bits per heavy atom. The molecular weight excluding hydrogens is 276 g/mol. The van der Waals surface area contributed by atoms with E-state index in [2.05, 4.69) is 0 Å². The maximum absolute atomic E-state index is 11.9. The fourth-order valence-corrected chi connectivity index (χ4v) is 3.30. The van der Waals surface area contributed by atoms with Crippen LogP contribution >= 0.6 is 11.6 Å². The summed E-state index contributed by atoms with van der Waals surface area (Å²) >= 11 is 5.92. The van der Waals surface area contributed by atoms with Gasteiger partial charge in [0.2, 0.25) is 0 Å². The van der Waals surface area contributed by atoms with E-state index in [1.807, 2.05) is 6.92 Å². The summed E-state index contributed by atoms with van der Waals surface area (Å²) in [5.41, 5.74) is 5.69. The van der Waals surface area contributed by atoms with Crippen LogP contribution in [-0.2, 0) is 16.6 Å². The second-order valence-electron chi connectivity index (χ2n) is 4.09. The molecule has 0 heterocycles. The Morgan fingerprint density at radius 1 is 1.56 bits per heavy atom. The largest absolute Gasteiger partial charge is 0.330 e. The molecule has 1 aromatic carbocycles. The molecule has 0 radical (unpaired) electrons. The number of halogens is 1. The molecule has 7 heteroatoms. The van der Waals surface area contributed by atoms with Gasteiger partial charge in [-0.15, -0.1) is 0 Å². The second kappa shape index (κ2) is 6.82. The van der Waals surface area contributed by atoms with Crippen molar-refractivity contribution in [3.05, 3.63) is 38.9 Å². The SMILES string of the molecule is CC(CN)CS(=O)Cc1c(Cl)cccc1[N+](=O)[O-]. The van der Waals surface area contributed by atoms with Crippen molar-refractivity contribution in [2.45, 2.75) is 12.7 Å². The zero-order valence-corrected chi connectivity index (χ0v) is 11.5. The lowest BCUT2D eigenvalue weighted by molar-refractivity contribution is -0.385. The molecular formula is C11H15ClN2O3S. The van der Waals surface area contributed by atoms with Crippen LogP contribution in [0.5, 0.6) is 0 Å². The average molecular weight is 291 g/mol. The van der Waals surface area contributed by atoms with E-state index < -0.39 is 15.7 Å². The molecule has 100 valence electrons. The molecule has 5 nitrogen and oxygen atoms in total. The topological polar surface area (TPSA) is 86.2 Å². The minimum absolute atomic E-state index is 0.0837. The van der Waals surface area contributed by atoms with Gasteiger partial charge in [-0.05, 0) is 18.5 Å².